The van der Waals surface area contributed by atoms with Crippen LogP contribution >= 0.6 is 0 Å². The van der Waals surface area contributed by atoms with E-state index in [9.17, 15) is 4.39 Å². The number of ether oxygens (including phenoxy) is 1. The second-order valence-corrected chi connectivity index (χ2v) is 6.23. The van der Waals surface area contributed by atoms with Gasteiger partial charge in [0.2, 0.25) is 0 Å². The van der Waals surface area contributed by atoms with E-state index in [2.05, 4.69) is 16.4 Å². The number of halogens is 1. The summed E-state index contributed by atoms with van der Waals surface area (Å²) in [7, 11) is 0. The Balaban J connectivity index is 1.43. The Kier molecular flexibility index (Phi) is 4.97. The van der Waals surface area contributed by atoms with Gasteiger partial charge < -0.3 is 10.1 Å². The maximum Gasteiger partial charge on any atom is 0.149 e. The lowest BCUT2D eigenvalue weighted by Gasteiger charge is -2.11. The minimum atomic E-state index is -0.304. The van der Waals surface area contributed by atoms with E-state index in [1.54, 1.807) is 12.3 Å². The molecule has 0 radical (unpaired) electrons. The summed E-state index contributed by atoms with van der Waals surface area (Å²) in [5, 5.41) is 4.18. The van der Waals surface area contributed by atoms with Crippen LogP contribution in [-0.2, 0) is 6.42 Å². The van der Waals surface area contributed by atoms with Crippen LogP contribution in [0.2, 0.25) is 0 Å². The highest BCUT2D eigenvalue weighted by Gasteiger charge is 2.06. The van der Waals surface area contributed by atoms with E-state index in [-0.39, 0.29) is 5.82 Å². The predicted octanol–water partition coefficient (Wildman–Crippen LogP) is 5.82. The molecule has 0 saturated carbocycles. The summed E-state index contributed by atoms with van der Waals surface area (Å²) in [6.45, 7) is 0.727. The fraction of sp³-hybridized carbons (Fsp3) is 0.0870. The second-order valence-electron chi connectivity index (χ2n) is 6.23. The molecule has 0 aliphatic rings. The first-order valence-electron chi connectivity index (χ1n) is 8.88. The van der Waals surface area contributed by atoms with Gasteiger partial charge in [0.1, 0.15) is 22.8 Å². The summed E-state index contributed by atoms with van der Waals surface area (Å²) in [5.41, 5.74) is 2.44. The second kappa shape index (κ2) is 7.87. The fourth-order valence-electron chi connectivity index (χ4n) is 3.02. The number of nitrogens with zero attached hydrogens (tertiary/aromatic N) is 1. The van der Waals surface area contributed by atoms with Gasteiger partial charge in [0.25, 0.3) is 0 Å². The molecule has 4 aromatic rings. The number of anilines is 1. The van der Waals surface area contributed by atoms with Crippen molar-refractivity contribution in [1.29, 1.82) is 0 Å². The Bertz CT molecular complexity index is 1050. The zero-order chi connectivity index (χ0) is 18.5. The molecular formula is C23H19FN2O. The van der Waals surface area contributed by atoms with Gasteiger partial charge in [-0.25, -0.2) is 4.39 Å². The highest BCUT2D eigenvalue weighted by molar-refractivity contribution is 5.91. The van der Waals surface area contributed by atoms with Crippen molar-refractivity contribution in [3.63, 3.8) is 0 Å². The normalized spacial score (nSPS) is 10.7. The third-order valence-corrected chi connectivity index (χ3v) is 4.33. The average molecular weight is 358 g/mol. The van der Waals surface area contributed by atoms with Crippen molar-refractivity contribution >= 4 is 16.6 Å². The van der Waals surface area contributed by atoms with E-state index in [1.807, 2.05) is 60.7 Å². The van der Waals surface area contributed by atoms with Crippen LogP contribution < -0.4 is 10.1 Å². The van der Waals surface area contributed by atoms with Crippen LogP contribution in [0.1, 0.15) is 5.56 Å². The molecule has 0 fully saturated rings. The van der Waals surface area contributed by atoms with E-state index in [4.69, 9.17) is 4.74 Å². The van der Waals surface area contributed by atoms with Gasteiger partial charge >= 0.3 is 0 Å². The lowest BCUT2D eigenvalue weighted by atomic mass is 10.1. The fourth-order valence-corrected chi connectivity index (χ4v) is 3.02. The molecule has 0 amide bonds. The third-order valence-electron chi connectivity index (χ3n) is 4.33. The highest BCUT2D eigenvalue weighted by Crippen LogP contribution is 2.24. The van der Waals surface area contributed by atoms with Gasteiger partial charge in [-0.2, -0.15) is 0 Å². The standard InChI is InChI=1S/C23H19FN2O/c24-21-11-5-10-20-22(13-15-26-23(20)21)25-14-12-17-6-4-9-19(16-17)27-18-7-2-1-3-8-18/h1-11,13,15-16H,12,14H2,(H,25,26). The average Bonchev–Trinajstić information content (AvgIpc) is 2.70. The SMILES string of the molecule is Fc1cccc2c(NCCc3cccc(Oc4ccccc4)c3)ccnc12. The van der Waals surface area contributed by atoms with Gasteiger partial charge in [-0.05, 0) is 48.4 Å². The molecule has 4 heteroatoms. The molecule has 4 rings (SSSR count). The molecular weight excluding hydrogens is 339 g/mol. The van der Waals surface area contributed by atoms with Gasteiger partial charge in [-0.1, -0.05) is 42.5 Å². The first-order valence-corrected chi connectivity index (χ1v) is 8.88. The Hall–Kier alpha value is -3.40. The van der Waals surface area contributed by atoms with E-state index < -0.39 is 0 Å². The van der Waals surface area contributed by atoms with Crippen LogP contribution in [0.5, 0.6) is 11.5 Å². The third kappa shape index (κ3) is 4.06. The monoisotopic (exact) mass is 358 g/mol. The summed E-state index contributed by atoms with van der Waals surface area (Å²) in [5.74, 6) is 1.33. The highest BCUT2D eigenvalue weighted by atomic mass is 19.1. The topological polar surface area (TPSA) is 34.1 Å². The van der Waals surface area contributed by atoms with Crippen molar-refractivity contribution < 1.29 is 9.13 Å². The molecule has 134 valence electrons. The Morgan fingerprint density at radius 2 is 1.67 bits per heavy atom. The van der Waals surface area contributed by atoms with Crippen molar-refractivity contribution in [3.05, 3.63) is 96.4 Å². The van der Waals surface area contributed by atoms with Crippen LogP contribution in [-0.4, -0.2) is 11.5 Å². The smallest absolute Gasteiger partial charge is 0.149 e. The summed E-state index contributed by atoms with van der Waals surface area (Å²) in [6, 6.07) is 24.7. The lowest BCUT2D eigenvalue weighted by Crippen LogP contribution is -2.05. The Morgan fingerprint density at radius 3 is 2.56 bits per heavy atom. The van der Waals surface area contributed by atoms with Crippen LogP contribution in [0.15, 0.2) is 85.1 Å². The van der Waals surface area contributed by atoms with Gasteiger partial charge in [-0.15, -0.1) is 0 Å². The molecule has 1 aromatic heterocycles. The Morgan fingerprint density at radius 1 is 0.852 bits per heavy atom. The summed E-state index contributed by atoms with van der Waals surface area (Å²) in [4.78, 5) is 4.13. The van der Waals surface area contributed by atoms with Crippen LogP contribution in [0.3, 0.4) is 0 Å². The molecule has 0 saturated heterocycles. The number of rotatable bonds is 6. The van der Waals surface area contributed by atoms with Gasteiger partial charge in [0.15, 0.2) is 0 Å². The molecule has 0 spiro atoms. The zero-order valence-electron chi connectivity index (χ0n) is 14.7. The van der Waals surface area contributed by atoms with Crippen LogP contribution in [0, 0.1) is 5.82 Å². The number of fused-ring (bicyclic) bond motifs is 1. The van der Waals surface area contributed by atoms with E-state index in [1.165, 1.54) is 11.6 Å². The quantitative estimate of drug-likeness (QED) is 0.471. The maximum atomic E-state index is 13.9. The first-order chi connectivity index (χ1) is 13.3. The van der Waals surface area contributed by atoms with Gasteiger partial charge in [-0.3, -0.25) is 4.98 Å². The van der Waals surface area contributed by atoms with E-state index in [0.29, 0.717) is 5.52 Å². The molecule has 0 unspecified atom stereocenters. The molecule has 1 heterocycles. The number of nitrogens with one attached hydrogen (secondary N) is 1. The van der Waals surface area contributed by atoms with Crippen molar-refractivity contribution in [1.82, 2.24) is 4.98 Å². The zero-order valence-corrected chi connectivity index (χ0v) is 14.7. The van der Waals surface area contributed by atoms with E-state index >= 15 is 0 Å². The Labute approximate surface area is 157 Å². The van der Waals surface area contributed by atoms with Crippen molar-refractivity contribution in [2.45, 2.75) is 6.42 Å². The van der Waals surface area contributed by atoms with Gasteiger partial charge in [0, 0.05) is 23.8 Å². The summed E-state index contributed by atoms with van der Waals surface area (Å²) >= 11 is 0. The number of para-hydroxylation sites is 2. The molecule has 3 aromatic carbocycles. The minimum absolute atomic E-state index is 0.304. The number of hydrogen-bond acceptors (Lipinski definition) is 3. The minimum Gasteiger partial charge on any atom is -0.457 e. The van der Waals surface area contributed by atoms with Gasteiger partial charge in [0.05, 0.1) is 0 Å². The molecule has 3 nitrogen and oxygen atoms in total. The molecule has 0 aliphatic carbocycles. The number of pyridine rings is 1. The van der Waals surface area contributed by atoms with Crippen molar-refractivity contribution in [2.24, 2.45) is 0 Å². The molecule has 0 atom stereocenters. The largest absolute Gasteiger partial charge is 0.457 e. The maximum absolute atomic E-state index is 13.9. The summed E-state index contributed by atoms with van der Waals surface area (Å²) in [6.07, 6.45) is 2.45. The van der Waals surface area contributed by atoms with Crippen LogP contribution in [0.25, 0.3) is 10.9 Å². The summed E-state index contributed by atoms with van der Waals surface area (Å²) < 4.78 is 19.8. The van der Waals surface area contributed by atoms with Crippen molar-refractivity contribution in [3.8, 4) is 11.5 Å². The number of benzene rings is 3. The first kappa shape index (κ1) is 17.0. The molecule has 1 N–H and O–H groups in total. The van der Waals surface area contributed by atoms with Crippen LogP contribution in [0.4, 0.5) is 10.1 Å². The number of hydrogen-bond donors (Lipinski definition) is 1. The van der Waals surface area contributed by atoms with Crippen molar-refractivity contribution in [2.75, 3.05) is 11.9 Å². The number of aromatic nitrogens is 1. The van der Waals surface area contributed by atoms with E-state index in [0.717, 1.165) is 35.5 Å². The molecule has 27 heavy (non-hydrogen) atoms. The lowest BCUT2D eigenvalue weighted by molar-refractivity contribution is 0.482. The predicted molar refractivity (Wildman–Crippen MR) is 107 cm³/mol. The molecule has 0 bridgehead atoms. The molecule has 0 aliphatic heterocycles.